The van der Waals surface area contributed by atoms with Crippen LogP contribution in [-0.4, -0.2) is 30.7 Å². The van der Waals surface area contributed by atoms with Crippen molar-refractivity contribution >= 4 is 11.4 Å². The van der Waals surface area contributed by atoms with Gasteiger partial charge in [0.2, 0.25) is 0 Å². The van der Waals surface area contributed by atoms with Gasteiger partial charge >= 0.3 is 0 Å². The number of benzene rings is 1. The van der Waals surface area contributed by atoms with Gasteiger partial charge in [0.25, 0.3) is 5.69 Å². The zero-order valence-corrected chi connectivity index (χ0v) is 10.5. The maximum Gasteiger partial charge on any atom is 0.275 e. The maximum atomic E-state index is 10.8. The summed E-state index contributed by atoms with van der Waals surface area (Å²) in [5, 5.41) is 17.5. The molecule has 0 radical (unpaired) electrons. The molecule has 6 heteroatoms. The molecule has 0 aromatic heterocycles. The summed E-state index contributed by atoms with van der Waals surface area (Å²) in [5.41, 5.74) is 0.680. The van der Waals surface area contributed by atoms with Crippen LogP contribution in [0.15, 0.2) is 18.2 Å². The Bertz CT molecular complexity index is 456. The molecular formula is C12H17N3O3. The van der Waals surface area contributed by atoms with E-state index in [-0.39, 0.29) is 11.2 Å². The van der Waals surface area contributed by atoms with Gasteiger partial charge in [0.05, 0.1) is 18.1 Å². The summed E-state index contributed by atoms with van der Waals surface area (Å²) in [5.74, 6) is 0.487. The molecule has 1 aliphatic heterocycles. The molecule has 0 spiro atoms. The van der Waals surface area contributed by atoms with Gasteiger partial charge in [0.15, 0.2) is 0 Å². The lowest BCUT2D eigenvalue weighted by Crippen LogP contribution is -2.36. The van der Waals surface area contributed by atoms with Crippen LogP contribution < -0.4 is 15.4 Å². The standard InChI is InChI=1S/C12H17N3O3/c1-12(3-4-13-8-12)14-9-5-10(15(16)17)7-11(6-9)18-2/h5-7,13-14H,3-4,8H2,1-2H3. The van der Waals surface area contributed by atoms with E-state index in [1.165, 1.54) is 19.2 Å². The van der Waals surface area contributed by atoms with Gasteiger partial charge < -0.3 is 15.4 Å². The average molecular weight is 251 g/mol. The van der Waals surface area contributed by atoms with E-state index in [0.717, 1.165) is 19.5 Å². The van der Waals surface area contributed by atoms with Crippen LogP contribution in [0.4, 0.5) is 11.4 Å². The molecule has 98 valence electrons. The van der Waals surface area contributed by atoms with Crippen molar-refractivity contribution in [3.8, 4) is 5.75 Å². The van der Waals surface area contributed by atoms with Gasteiger partial charge in [-0.15, -0.1) is 0 Å². The highest BCUT2D eigenvalue weighted by Gasteiger charge is 2.28. The molecule has 1 fully saturated rings. The lowest BCUT2D eigenvalue weighted by Gasteiger charge is -2.26. The van der Waals surface area contributed by atoms with E-state index in [1.807, 2.05) is 0 Å². The number of nitrogens with one attached hydrogen (secondary N) is 2. The number of ether oxygens (including phenoxy) is 1. The van der Waals surface area contributed by atoms with Crippen molar-refractivity contribution in [2.24, 2.45) is 0 Å². The summed E-state index contributed by atoms with van der Waals surface area (Å²) in [4.78, 5) is 10.4. The average Bonchev–Trinajstić information content (AvgIpc) is 2.75. The topological polar surface area (TPSA) is 76.4 Å². The Hall–Kier alpha value is -1.82. The predicted molar refractivity (Wildman–Crippen MR) is 69.2 cm³/mol. The Balaban J connectivity index is 2.26. The third kappa shape index (κ3) is 2.70. The van der Waals surface area contributed by atoms with E-state index in [4.69, 9.17) is 4.74 Å². The lowest BCUT2D eigenvalue weighted by atomic mass is 10.0. The van der Waals surface area contributed by atoms with E-state index in [2.05, 4.69) is 17.6 Å². The van der Waals surface area contributed by atoms with Crippen molar-refractivity contribution in [3.05, 3.63) is 28.3 Å². The minimum absolute atomic E-state index is 0.0337. The maximum absolute atomic E-state index is 10.8. The minimum atomic E-state index is -0.414. The highest BCUT2D eigenvalue weighted by Crippen LogP contribution is 2.29. The van der Waals surface area contributed by atoms with Crippen molar-refractivity contribution in [2.75, 3.05) is 25.5 Å². The molecule has 1 saturated heterocycles. The molecule has 6 nitrogen and oxygen atoms in total. The minimum Gasteiger partial charge on any atom is -0.496 e. The van der Waals surface area contributed by atoms with Crippen molar-refractivity contribution in [1.82, 2.24) is 5.32 Å². The lowest BCUT2D eigenvalue weighted by molar-refractivity contribution is -0.384. The molecule has 1 aromatic rings. The molecule has 18 heavy (non-hydrogen) atoms. The number of rotatable bonds is 4. The number of nitro groups is 1. The van der Waals surface area contributed by atoms with Gasteiger partial charge in [0, 0.05) is 29.9 Å². The fourth-order valence-corrected chi connectivity index (χ4v) is 2.15. The summed E-state index contributed by atoms with van der Waals surface area (Å²) in [6.45, 7) is 3.89. The highest BCUT2D eigenvalue weighted by atomic mass is 16.6. The van der Waals surface area contributed by atoms with Crippen LogP contribution in [0.5, 0.6) is 5.75 Å². The largest absolute Gasteiger partial charge is 0.496 e. The molecule has 2 N–H and O–H groups in total. The molecule has 1 aromatic carbocycles. The van der Waals surface area contributed by atoms with Crippen LogP contribution in [0.25, 0.3) is 0 Å². The zero-order valence-electron chi connectivity index (χ0n) is 10.5. The van der Waals surface area contributed by atoms with Crippen LogP contribution >= 0.6 is 0 Å². The number of anilines is 1. The number of hydrogen-bond acceptors (Lipinski definition) is 5. The fourth-order valence-electron chi connectivity index (χ4n) is 2.15. The molecular weight excluding hydrogens is 234 g/mol. The summed E-state index contributed by atoms with van der Waals surface area (Å²) >= 11 is 0. The van der Waals surface area contributed by atoms with E-state index >= 15 is 0 Å². The van der Waals surface area contributed by atoms with Crippen molar-refractivity contribution < 1.29 is 9.66 Å². The number of nitrogens with zero attached hydrogens (tertiary/aromatic N) is 1. The van der Waals surface area contributed by atoms with Gasteiger partial charge in [-0.25, -0.2) is 0 Å². The summed E-state index contributed by atoms with van der Waals surface area (Å²) in [7, 11) is 1.50. The number of methoxy groups -OCH3 is 1. The first-order valence-corrected chi connectivity index (χ1v) is 5.85. The van der Waals surface area contributed by atoms with Crippen LogP contribution in [0.2, 0.25) is 0 Å². The first-order chi connectivity index (χ1) is 8.52. The monoisotopic (exact) mass is 251 g/mol. The highest BCUT2D eigenvalue weighted by molar-refractivity contribution is 5.57. The molecule has 0 bridgehead atoms. The quantitative estimate of drug-likeness (QED) is 0.630. The zero-order chi connectivity index (χ0) is 13.2. The molecule has 1 aliphatic rings. The van der Waals surface area contributed by atoms with Gasteiger partial charge in [-0.3, -0.25) is 10.1 Å². The van der Waals surface area contributed by atoms with Crippen molar-refractivity contribution in [2.45, 2.75) is 18.9 Å². The first-order valence-electron chi connectivity index (χ1n) is 5.85. The van der Waals surface area contributed by atoms with Crippen molar-refractivity contribution in [3.63, 3.8) is 0 Å². The summed E-state index contributed by atoms with van der Waals surface area (Å²) in [6, 6.07) is 4.73. The number of hydrogen-bond donors (Lipinski definition) is 2. The van der Waals surface area contributed by atoms with Gasteiger partial charge in [-0.1, -0.05) is 0 Å². The normalized spacial score (nSPS) is 22.8. The Morgan fingerprint density at radius 1 is 1.50 bits per heavy atom. The van der Waals surface area contributed by atoms with Crippen molar-refractivity contribution in [1.29, 1.82) is 0 Å². The summed E-state index contributed by atoms with van der Waals surface area (Å²) in [6.07, 6.45) is 0.984. The molecule has 1 heterocycles. The third-order valence-electron chi connectivity index (χ3n) is 3.15. The van der Waals surface area contributed by atoms with Crippen LogP contribution in [0.3, 0.4) is 0 Å². The molecule has 0 amide bonds. The van der Waals surface area contributed by atoms with Gasteiger partial charge in [-0.05, 0) is 19.9 Å². The van der Waals surface area contributed by atoms with Crippen LogP contribution in [0, 0.1) is 10.1 Å². The second-order valence-electron chi connectivity index (χ2n) is 4.79. The second-order valence-corrected chi connectivity index (χ2v) is 4.79. The SMILES string of the molecule is COc1cc(NC2(C)CCNC2)cc([N+](=O)[O-])c1. The first kappa shape index (κ1) is 12.6. The number of nitro benzene ring substituents is 1. The van der Waals surface area contributed by atoms with E-state index in [9.17, 15) is 10.1 Å². The van der Waals surface area contributed by atoms with E-state index in [0.29, 0.717) is 11.4 Å². The fraction of sp³-hybridized carbons (Fsp3) is 0.500. The molecule has 1 unspecified atom stereocenters. The molecule has 1 atom stereocenters. The number of non-ortho nitro benzene ring substituents is 1. The molecule has 0 saturated carbocycles. The second kappa shape index (κ2) is 4.81. The Morgan fingerprint density at radius 2 is 2.28 bits per heavy atom. The van der Waals surface area contributed by atoms with Crippen LogP contribution in [-0.2, 0) is 0 Å². The Morgan fingerprint density at radius 3 is 2.83 bits per heavy atom. The van der Waals surface area contributed by atoms with E-state index < -0.39 is 4.92 Å². The summed E-state index contributed by atoms with van der Waals surface area (Å²) < 4.78 is 5.08. The van der Waals surface area contributed by atoms with E-state index in [1.54, 1.807) is 6.07 Å². The van der Waals surface area contributed by atoms with Crippen LogP contribution in [0.1, 0.15) is 13.3 Å². The van der Waals surface area contributed by atoms with Gasteiger partial charge in [-0.2, -0.15) is 0 Å². The molecule has 2 rings (SSSR count). The van der Waals surface area contributed by atoms with Gasteiger partial charge in [0.1, 0.15) is 5.75 Å². The smallest absolute Gasteiger partial charge is 0.275 e. The molecule has 0 aliphatic carbocycles. The third-order valence-corrected chi connectivity index (χ3v) is 3.15. The Kier molecular flexibility index (Phi) is 3.38. The Labute approximate surface area is 105 Å². The predicted octanol–water partition coefficient (Wildman–Crippen LogP) is 1.77.